The molecule has 2 nitrogen and oxygen atoms in total. The molecule has 0 radical (unpaired) electrons. The summed E-state index contributed by atoms with van der Waals surface area (Å²) in [5.41, 5.74) is 0. The van der Waals surface area contributed by atoms with E-state index < -0.39 is 21.6 Å². The summed E-state index contributed by atoms with van der Waals surface area (Å²) in [6.45, 7) is 9.70. The molecule has 1 heterocycles. The minimum atomic E-state index is -1.13. The van der Waals surface area contributed by atoms with Gasteiger partial charge in [0.1, 0.15) is 4.58 Å². The molecule has 0 amide bonds. The molecule has 1 aliphatic heterocycles. The molecule has 1 fully saturated rings. The molecular weight excluding hydrogens is 304 g/mol. The molecular formula is C12H20O2S4. The maximum absolute atomic E-state index is 12.5. The molecule has 0 aromatic carbocycles. The molecule has 0 unspecified atom stereocenters. The average Bonchev–Trinajstić information content (AvgIpc) is 2.53. The molecule has 0 saturated carbocycles. The molecule has 0 aromatic heterocycles. The van der Waals surface area contributed by atoms with E-state index in [1.807, 2.05) is 13.0 Å². The van der Waals surface area contributed by atoms with E-state index in [9.17, 15) is 8.42 Å². The van der Waals surface area contributed by atoms with Crippen LogP contribution in [0.4, 0.5) is 0 Å². The van der Waals surface area contributed by atoms with Crippen LogP contribution in [0, 0.1) is 11.8 Å². The predicted octanol–water partition coefficient (Wildman–Crippen LogP) is 3.52. The van der Waals surface area contributed by atoms with Crippen molar-refractivity contribution in [1.82, 2.24) is 0 Å². The third-order valence-electron chi connectivity index (χ3n) is 2.99. The number of hydrogen-bond donors (Lipinski definition) is 0. The zero-order valence-electron chi connectivity index (χ0n) is 10.9. The van der Waals surface area contributed by atoms with E-state index in [1.54, 1.807) is 33.1 Å². The molecule has 1 rings (SSSR count). The van der Waals surface area contributed by atoms with Crippen LogP contribution in [0.2, 0.25) is 0 Å². The van der Waals surface area contributed by atoms with Gasteiger partial charge in [0.15, 0.2) is 0 Å². The Hall–Kier alpha value is 0.480. The van der Waals surface area contributed by atoms with Crippen molar-refractivity contribution in [2.75, 3.05) is 5.75 Å². The first kappa shape index (κ1) is 16.5. The molecule has 0 aliphatic carbocycles. The Labute approximate surface area is 123 Å². The van der Waals surface area contributed by atoms with Crippen molar-refractivity contribution in [3.8, 4) is 0 Å². The van der Waals surface area contributed by atoms with Crippen LogP contribution >= 0.6 is 21.6 Å². The first-order valence-corrected chi connectivity index (χ1v) is 10.8. The summed E-state index contributed by atoms with van der Waals surface area (Å²) in [6.07, 6.45) is 3.62. The smallest absolute Gasteiger partial charge is 0.118 e. The fourth-order valence-corrected chi connectivity index (χ4v) is 10.1. The summed E-state index contributed by atoms with van der Waals surface area (Å²) in [6, 6.07) is 0. The van der Waals surface area contributed by atoms with Gasteiger partial charge in [0, 0.05) is 5.75 Å². The molecule has 0 bridgehead atoms. The zero-order valence-corrected chi connectivity index (χ0v) is 14.2. The van der Waals surface area contributed by atoms with E-state index >= 15 is 0 Å². The Morgan fingerprint density at radius 1 is 1.39 bits per heavy atom. The van der Waals surface area contributed by atoms with Gasteiger partial charge in [-0.25, -0.2) is 0 Å². The van der Waals surface area contributed by atoms with Crippen LogP contribution in [0.1, 0.15) is 20.8 Å². The van der Waals surface area contributed by atoms with E-state index in [0.29, 0.717) is 5.92 Å². The maximum Gasteiger partial charge on any atom is 0.118 e. The summed E-state index contributed by atoms with van der Waals surface area (Å²) in [4.78, 5) is 0. The van der Waals surface area contributed by atoms with Gasteiger partial charge >= 0.3 is 0 Å². The molecule has 6 atom stereocenters. The Morgan fingerprint density at radius 2 is 2.06 bits per heavy atom. The third-order valence-corrected chi connectivity index (χ3v) is 11.1. The van der Waals surface area contributed by atoms with Crippen LogP contribution in [0.5, 0.6) is 0 Å². The molecule has 0 aromatic rings. The molecule has 6 heteroatoms. The summed E-state index contributed by atoms with van der Waals surface area (Å²) in [5, 5.41) is 1.66. The molecule has 104 valence electrons. The van der Waals surface area contributed by atoms with Gasteiger partial charge in [-0.1, -0.05) is 47.6 Å². The van der Waals surface area contributed by atoms with Crippen molar-refractivity contribution >= 4 is 43.2 Å². The molecule has 18 heavy (non-hydrogen) atoms. The van der Waals surface area contributed by atoms with Crippen molar-refractivity contribution in [2.45, 2.75) is 29.9 Å². The highest BCUT2D eigenvalue weighted by Crippen LogP contribution is 2.45. The highest BCUT2D eigenvalue weighted by molar-refractivity contribution is 8.78. The lowest BCUT2D eigenvalue weighted by Crippen LogP contribution is -2.22. The first-order valence-electron chi connectivity index (χ1n) is 5.85. The summed E-state index contributed by atoms with van der Waals surface area (Å²) < 4.78 is 24.4. The fraction of sp³-hybridized carbons (Fsp3) is 0.667. The van der Waals surface area contributed by atoms with E-state index in [4.69, 9.17) is 0 Å². The zero-order chi connectivity index (χ0) is 13.7. The summed E-state index contributed by atoms with van der Waals surface area (Å²) in [5.74, 6) is 1.40. The Morgan fingerprint density at radius 3 is 2.61 bits per heavy atom. The molecule has 1 saturated heterocycles. The van der Waals surface area contributed by atoms with Crippen LogP contribution in [-0.4, -0.2) is 23.3 Å². The second kappa shape index (κ2) is 7.92. The van der Waals surface area contributed by atoms with Crippen LogP contribution in [0.25, 0.3) is 0 Å². The Bertz CT molecular complexity index is 367. The summed E-state index contributed by atoms with van der Waals surface area (Å²) in [7, 11) is 1.17. The van der Waals surface area contributed by atoms with Gasteiger partial charge < -0.3 is 0 Å². The average molecular weight is 325 g/mol. The largest absolute Gasteiger partial charge is 0.257 e. The highest BCUT2D eigenvalue weighted by atomic mass is 33.1. The number of rotatable bonds is 6. The van der Waals surface area contributed by atoms with Crippen molar-refractivity contribution in [2.24, 2.45) is 11.8 Å². The van der Waals surface area contributed by atoms with E-state index in [-0.39, 0.29) is 15.1 Å². The van der Waals surface area contributed by atoms with Crippen molar-refractivity contribution in [3.05, 3.63) is 24.1 Å². The standard InChI is InChI=1S/C12H20O2S4/c1-5-7-15-16-11-9(3)10(4)12(18(11)14)17(13)8-6-2/h5-6,8-12H,1,7H2,2-4H3/t9-,10+,11+,12-,17+,18-/m1/s1. The summed E-state index contributed by atoms with van der Waals surface area (Å²) >= 11 is 0. The first-order chi connectivity index (χ1) is 8.54. The Kier molecular flexibility index (Phi) is 7.28. The van der Waals surface area contributed by atoms with Crippen LogP contribution < -0.4 is 0 Å². The van der Waals surface area contributed by atoms with Crippen LogP contribution in [0.15, 0.2) is 24.1 Å². The second-order valence-corrected chi connectivity index (χ2v) is 10.5. The van der Waals surface area contributed by atoms with E-state index in [2.05, 4.69) is 20.4 Å². The maximum atomic E-state index is 12.5. The van der Waals surface area contributed by atoms with Crippen LogP contribution in [-0.2, 0) is 21.6 Å². The Balaban J connectivity index is 2.76. The number of hydrogen-bond acceptors (Lipinski definition) is 4. The van der Waals surface area contributed by atoms with E-state index in [1.165, 1.54) is 0 Å². The lowest BCUT2D eigenvalue weighted by atomic mass is 10.0. The molecule has 0 spiro atoms. The van der Waals surface area contributed by atoms with Gasteiger partial charge in [0.05, 0.1) is 26.2 Å². The lowest BCUT2D eigenvalue weighted by Gasteiger charge is -2.15. The van der Waals surface area contributed by atoms with Crippen molar-refractivity contribution in [1.29, 1.82) is 0 Å². The number of allylic oxidation sites excluding steroid dienone is 1. The van der Waals surface area contributed by atoms with Crippen molar-refractivity contribution in [3.63, 3.8) is 0 Å². The van der Waals surface area contributed by atoms with Gasteiger partial charge in [-0.2, -0.15) is 0 Å². The minimum absolute atomic E-state index is 0.0733. The van der Waals surface area contributed by atoms with Crippen molar-refractivity contribution < 1.29 is 8.42 Å². The third kappa shape index (κ3) is 3.74. The second-order valence-electron chi connectivity index (χ2n) is 4.25. The van der Waals surface area contributed by atoms with E-state index in [0.717, 1.165) is 5.75 Å². The normalized spacial score (nSPS) is 38.1. The fourth-order valence-electron chi connectivity index (χ4n) is 1.85. The van der Waals surface area contributed by atoms with Gasteiger partial charge in [-0.15, -0.1) is 6.58 Å². The van der Waals surface area contributed by atoms with Gasteiger partial charge in [0.2, 0.25) is 0 Å². The van der Waals surface area contributed by atoms with Crippen LogP contribution in [0.3, 0.4) is 0 Å². The molecule has 1 aliphatic rings. The minimum Gasteiger partial charge on any atom is -0.257 e. The predicted molar refractivity (Wildman–Crippen MR) is 87.2 cm³/mol. The van der Waals surface area contributed by atoms with Gasteiger partial charge in [-0.3, -0.25) is 8.42 Å². The topological polar surface area (TPSA) is 34.1 Å². The monoisotopic (exact) mass is 324 g/mol. The van der Waals surface area contributed by atoms with Gasteiger partial charge in [0.25, 0.3) is 0 Å². The highest BCUT2D eigenvalue weighted by Gasteiger charge is 2.47. The lowest BCUT2D eigenvalue weighted by molar-refractivity contribution is 0.466. The molecule has 0 N–H and O–H groups in total. The quantitative estimate of drug-likeness (QED) is 0.425. The SMILES string of the molecule is C=CCSS[C@@H]1[C@H](C)[C@H](C)[C@H]([S@@](=O)C=CC)[S@@]1=O. The van der Waals surface area contributed by atoms with Gasteiger partial charge in [-0.05, 0) is 24.2 Å².